The minimum absolute atomic E-state index is 0.150. The van der Waals surface area contributed by atoms with E-state index >= 15 is 0 Å². The van der Waals surface area contributed by atoms with Gasteiger partial charge in [0.1, 0.15) is 17.1 Å². The van der Waals surface area contributed by atoms with E-state index < -0.39 is 5.97 Å². The minimum atomic E-state index is -0.529. The van der Waals surface area contributed by atoms with Crippen LogP contribution in [-0.4, -0.2) is 49.7 Å². The van der Waals surface area contributed by atoms with Crippen LogP contribution in [0, 0.1) is 12.3 Å². The van der Waals surface area contributed by atoms with Crippen LogP contribution in [0.1, 0.15) is 29.4 Å². The van der Waals surface area contributed by atoms with E-state index in [-0.39, 0.29) is 12.3 Å². The number of aromatic nitrogens is 1. The highest BCUT2D eigenvalue weighted by Gasteiger charge is 2.19. The van der Waals surface area contributed by atoms with Gasteiger partial charge < -0.3 is 14.4 Å². The first-order valence-corrected chi connectivity index (χ1v) is 9.54. The van der Waals surface area contributed by atoms with Gasteiger partial charge in [0, 0.05) is 17.1 Å². The van der Waals surface area contributed by atoms with Crippen molar-refractivity contribution < 1.29 is 14.3 Å². The largest absolute Gasteiger partial charge is 0.491 e. The Morgan fingerprint density at radius 3 is 2.68 bits per heavy atom. The number of carbonyl (C=O) groups excluding carboxylic acids is 1. The molecule has 0 unspecified atom stereocenters. The molecule has 28 heavy (non-hydrogen) atoms. The van der Waals surface area contributed by atoms with Crippen LogP contribution in [0.5, 0.6) is 5.75 Å². The highest BCUT2D eigenvalue weighted by Crippen LogP contribution is 2.36. The van der Waals surface area contributed by atoms with Gasteiger partial charge in [0.05, 0.1) is 23.8 Å². The van der Waals surface area contributed by atoms with E-state index in [2.05, 4.69) is 15.8 Å². The number of benzene rings is 1. The zero-order valence-corrected chi connectivity index (χ0v) is 17.6. The summed E-state index contributed by atoms with van der Waals surface area (Å²) in [5.74, 6) is 2.52. The molecule has 0 radical (unpaired) electrons. The summed E-state index contributed by atoms with van der Waals surface area (Å²) in [5.41, 5.74) is 1.50. The molecular formula is C21H22Cl2N2O3. The molecule has 148 valence electrons. The second-order valence-electron chi connectivity index (χ2n) is 6.22. The van der Waals surface area contributed by atoms with Gasteiger partial charge in [-0.05, 0) is 51.7 Å². The van der Waals surface area contributed by atoms with Crippen molar-refractivity contribution in [1.82, 2.24) is 9.88 Å². The van der Waals surface area contributed by atoms with Crippen molar-refractivity contribution in [1.29, 1.82) is 0 Å². The number of esters is 1. The van der Waals surface area contributed by atoms with Gasteiger partial charge in [-0.15, -0.1) is 6.42 Å². The first-order chi connectivity index (χ1) is 13.4. The summed E-state index contributed by atoms with van der Waals surface area (Å²) in [6.07, 6.45) is 6.47. The van der Waals surface area contributed by atoms with Crippen molar-refractivity contribution in [3.05, 3.63) is 45.6 Å². The maximum Gasteiger partial charge on any atom is 0.356 e. The van der Waals surface area contributed by atoms with Crippen LogP contribution in [-0.2, 0) is 4.74 Å². The smallest absolute Gasteiger partial charge is 0.356 e. The number of rotatable bonds is 8. The van der Waals surface area contributed by atoms with Gasteiger partial charge in [0.2, 0.25) is 0 Å². The number of hydrogen-bond donors (Lipinski definition) is 0. The first-order valence-electron chi connectivity index (χ1n) is 8.79. The standard InChI is InChI=1S/C21H22Cl2N2O3/c1-5-15-16(12-14(22)13-17(15)23)20-19(28-11-7-10-25(3)4)9-8-18(24-20)21(26)27-6-2/h1,8-9,12-13H,6-7,10-11H2,2-4H3. The molecule has 0 saturated heterocycles. The highest BCUT2D eigenvalue weighted by atomic mass is 35.5. The Balaban J connectivity index is 2.50. The second kappa shape index (κ2) is 10.3. The Labute approximate surface area is 175 Å². The van der Waals surface area contributed by atoms with Gasteiger partial charge in [-0.25, -0.2) is 9.78 Å². The molecule has 1 aromatic carbocycles. The number of pyridine rings is 1. The molecule has 0 spiro atoms. The van der Waals surface area contributed by atoms with Crippen molar-refractivity contribution in [3.8, 4) is 29.4 Å². The third kappa shape index (κ3) is 5.62. The van der Waals surface area contributed by atoms with E-state index in [0.717, 1.165) is 13.0 Å². The molecule has 0 aliphatic rings. The van der Waals surface area contributed by atoms with E-state index in [1.807, 2.05) is 14.1 Å². The van der Waals surface area contributed by atoms with Gasteiger partial charge in [0.25, 0.3) is 0 Å². The van der Waals surface area contributed by atoms with Crippen LogP contribution in [0.25, 0.3) is 11.3 Å². The van der Waals surface area contributed by atoms with Crippen molar-refractivity contribution in [2.75, 3.05) is 33.9 Å². The number of ether oxygens (including phenoxy) is 2. The Morgan fingerprint density at radius 2 is 2.04 bits per heavy atom. The fraction of sp³-hybridized carbons (Fsp3) is 0.333. The normalized spacial score (nSPS) is 10.6. The zero-order chi connectivity index (χ0) is 20.7. The Hall–Kier alpha value is -2.26. The van der Waals surface area contributed by atoms with E-state index in [4.69, 9.17) is 39.1 Å². The summed E-state index contributed by atoms with van der Waals surface area (Å²) in [6, 6.07) is 6.46. The predicted octanol–water partition coefficient (Wildman–Crippen LogP) is 4.54. The summed E-state index contributed by atoms with van der Waals surface area (Å²) in [4.78, 5) is 18.7. The van der Waals surface area contributed by atoms with Gasteiger partial charge in [-0.2, -0.15) is 0 Å². The lowest BCUT2D eigenvalue weighted by atomic mass is 10.0. The SMILES string of the molecule is C#Cc1c(Cl)cc(Cl)cc1-c1nc(C(=O)OCC)ccc1OCCCN(C)C. The van der Waals surface area contributed by atoms with Gasteiger partial charge in [-0.3, -0.25) is 0 Å². The average Bonchev–Trinajstić information content (AvgIpc) is 2.64. The monoisotopic (exact) mass is 420 g/mol. The molecule has 2 aromatic rings. The van der Waals surface area contributed by atoms with E-state index in [1.54, 1.807) is 31.2 Å². The van der Waals surface area contributed by atoms with Crippen LogP contribution in [0.4, 0.5) is 0 Å². The molecule has 0 bridgehead atoms. The van der Waals surface area contributed by atoms with Gasteiger partial charge in [-0.1, -0.05) is 29.1 Å². The maximum atomic E-state index is 12.1. The van der Waals surface area contributed by atoms with E-state index in [1.165, 1.54) is 0 Å². The minimum Gasteiger partial charge on any atom is -0.491 e. The molecule has 1 aromatic heterocycles. The summed E-state index contributed by atoms with van der Waals surface area (Å²) >= 11 is 12.4. The van der Waals surface area contributed by atoms with E-state index in [9.17, 15) is 4.79 Å². The third-order valence-electron chi connectivity index (χ3n) is 3.80. The van der Waals surface area contributed by atoms with Gasteiger partial charge >= 0.3 is 5.97 Å². The second-order valence-corrected chi connectivity index (χ2v) is 7.07. The quantitative estimate of drug-likeness (QED) is 0.356. The Bertz CT molecular complexity index is 892. The predicted molar refractivity (Wildman–Crippen MR) is 112 cm³/mol. The maximum absolute atomic E-state index is 12.1. The third-order valence-corrected chi connectivity index (χ3v) is 4.32. The molecule has 0 N–H and O–H groups in total. The fourth-order valence-corrected chi connectivity index (χ4v) is 3.09. The molecule has 7 heteroatoms. The zero-order valence-electron chi connectivity index (χ0n) is 16.1. The highest BCUT2D eigenvalue weighted by molar-refractivity contribution is 6.36. The molecule has 0 aliphatic carbocycles. The fourth-order valence-electron chi connectivity index (χ4n) is 2.54. The van der Waals surface area contributed by atoms with Crippen LogP contribution in [0.15, 0.2) is 24.3 Å². The first kappa shape index (κ1) is 22.0. The molecule has 2 rings (SSSR count). The van der Waals surface area contributed by atoms with Crippen molar-refractivity contribution in [2.45, 2.75) is 13.3 Å². The number of terminal acetylenes is 1. The van der Waals surface area contributed by atoms with Crippen LogP contribution in [0.2, 0.25) is 10.0 Å². The number of hydrogen-bond acceptors (Lipinski definition) is 5. The summed E-state index contributed by atoms with van der Waals surface area (Å²) in [7, 11) is 3.99. The Morgan fingerprint density at radius 1 is 1.29 bits per heavy atom. The molecular weight excluding hydrogens is 399 g/mol. The molecule has 0 fully saturated rings. The Kier molecular flexibility index (Phi) is 8.13. The van der Waals surface area contributed by atoms with Crippen molar-refractivity contribution >= 4 is 29.2 Å². The number of nitrogens with zero attached hydrogens (tertiary/aromatic N) is 2. The lowest BCUT2D eigenvalue weighted by Crippen LogP contribution is -2.16. The molecule has 0 atom stereocenters. The molecule has 0 amide bonds. The summed E-state index contributed by atoms with van der Waals surface area (Å²) in [5, 5.41) is 0.729. The molecule has 0 aliphatic heterocycles. The summed E-state index contributed by atoms with van der Waals surface area (Å²) < 4.78 is 11.0. The average molecular weight is 421 g/mol. The van der Waals surface area contributed by atoms with Crippen LogP contribution in [0.3, 0.4) is 0 Å². The topological polar surface area (TPSA) is 51.7 Å². The lowest BCUT2D eigenvalue weighted by Gasteiger charge is -2.15. The van der Waals surface area contributed by atoms with Crippen LogP contribution < -0.4 is 4.74 Å². The van der Waals surface area contributed by atoms with Crippen molar-refractivity contribution in [3.63, 3.8) is 0 Å². The molecule has 1 heterocycles. The molecule has 0 saturated carbocycles. The van der Waals surface area contributed by atoms with E-state index in [0.29, 0.717) is 39.2 Å². The molecule has 5 nitrogen and oxygen atoms in total. The number of carbonyl (C=O) groups is 1. The number of halogens is 2. The lowest BCUT2D eigenvalue weighted by molar-refractivity contribution is 0.0519. The van der Waals surface area contributed by atoms with Gasteiger partial charge in [0.15, 0.2) is 0 Å². The van der Waals surface area contributed by atoms with Crippen molar-refractivity contribution in [2.24, 2.45) is 0 Å². The van der Waals surface area contributed by atoms with Crippen LogP contribution >= 0.6 is 23.2 Å². The summed E-state index contributed by atoms with van der Waals surface area (Å²) in [6.45, 7) is 3.33.